The smallest absolute Gasteiger partial charge is 0.435 e. The van der Waals surface area contributed by atoms with E-state index in [2.05, 4.69) is 15.4 Å². The molecule has 37 heavy (non-hydrogen) atoms. The van der Waals surface area contributed by atoms with Crippen LogP contribution in [0.15, 0.2) is 54.7 Å². The van der Waals surface area contributed by atoms with Crippen LogP contribution in [-0.2, 0) is 22.2 Å². The molecule has 0 radical (unpaired) electrons. The summed E-state index contributed by atoms with van der Waals surface area (Å²) in [6.07, 6.45) is -3.21. The molecule has 3 N–H and O–H groups in total. The number of hydrogen-bond acceptors (Lipinski definition) is 5. The fraction of sp³-hybridized carbons (Fsp3) is 0.208. The van der Waals surface area contributed by atoms with Crippen LogP contribution in [0.4, 0.5) is 13.2 Å². The summed E-state index contributed by atoms with van der Waals surface area (Å²) in [6, 6.07) is 10.6. The number of aliphatic carboxylic acids is 1. The third-order valence-corrected chi connectivity index (χ3v) is 5.75. The van der Waals surface area contributed by atoms with Gasteiger partial charge in [-0.3, -0.25) is 4.79 Å². The summed E-state index contributed by atoms with van der Waals surface area (Å²) >= 11 is 6.10. The number of methoxy groups -OCH3 is 1. The van der Waals surface area contributed by atoms with E-state index in [0.29, 0.717) is 17.4 Å². The number of carboxylic acids is 1. The molecule has 0 spiro atoms. The highest BCUT2D eigenvalue weighted by atomic mass is 35.5. The minimum atomic E-state index is -4.77. The number of para-hydroxylation sites is 1. The molecule has 0 aliphatic heterocycles. The van der Waals surface area contributed by atoms with Gasteiger partial charge in [-0.2, -0.15) is 23.0 Å². The highest BCUT2D eigenvalue weighted by Gasteiger charge is 2.36. The van der Waals surface area contributed by atoms with E-state index in [9.17, 15) is 27.9 Å². The van der Waals surface area contributed by atoms with Crippen molar-refractivity contribution >= 4 is 34.4 Å². The lowest BCUT2D eigenvalue weighted by atomic mass is 10.0. The van der Waals surface area contributed by atoms with E-state index in [0.717, 1.165) is 15.6 Å². The number of ether oxygens (including phenoxy) is 2. The number of halogens is 4. The van der Waals surface area contributed by atoms with Crippen molar-refractivity contribution in [3.63, 3.8) is 0 Å². The van der Waals surface area contributed by atoms with Gasteiger partial charge in [0.2, 0.25) is 5.88 Å². The predicted molar refractivity (Wildman–Crippen MR) is 127 cm³/mol. The monoisotopic (exact) mass is 536 g/mol. The van der Waals surface area contributed by atoms with Crippen molar-refractivity contribution in [1.82, 2.24) is 20.1 Å². The molecule has 1 amide bonds. The molecule has 0 fully saturated rings. The van der Waals surface area contributed by atoms with Gasteiger partial charge in [-0.05, 0) is 35.9 Å². The maximum absolute atomic E-state index is 13.3. The van der Waals surface area contributed by atoms with Crippen LogP contribution < -0.4 is 14.8 Å². The molecule has 9 nitrogen and oxygen atoms in total. The lowest BCUT2D eigenvalue weighted by molar-refractivity contribution is -0.142. The second-order valence-electron chi connectivity index (χ2n) is 7.91. The highest BCUT2D eigenvalue weighted by molar-refractivity contribution is 6.32. The number of carbonyl (C=O) groups is 2. The van der Waals surface area contributed by atoms with Crippen LogP contribution in [0.25, 0.3) is 16.6 Å². The van der Waals surface area contributed by atoms with Crippen molar-refractivity contribution in [3.8, 4) is 17.3 Å². The number of hydrogen-bond donors (Lipinski definition) is 3. The lowest BCUT2D eigenvalue weighted by Gasteiger charge is -2.15. The molecule has 4 aromatic rings. The number of alkyl halides is 3. The van der Waals surface area contributed by atoms with Crippen molar-refractivity contribution in [1.29, 1.82) is 0 Å². The molecule has 0 saturated heterocycles. The molecular formula is C24H20ClF3N4O5. The third-order valence-electron chi connectivity index (χ3n) is 5.43. The fourth-order valence-electron chi connectivity index (χ4n) is 3.65. The number of amides is 1. The fourth-order valence-corrected chi connectivity index (χ4v) is 3.87. The van der Waals surface area contributed by atoms with Gasteiger partial charge in [0, 0.05) is 29.6 Å². The van der Waals surface area contributed by atoms with Gasteiger partial charge >= 0.3 is 12.1 Å². The zero-order valence-electron chi connectivity index (χ0n) is 19.2. The van der Waals surface area contributed by atoms with Crippen molar-refractivity contribution < 1.29 is 37.3 Å². The minimum Gasteiger partial charge on any atom is -0.497 e. The number of fused-ring (bicyclic) bond motifs is 1. The molecule has 1 unspecified atom stereocenters. The molecule has 1 atom stereocenters. The van der Waals surface area contributed by atoms with E-state index in [1.807, 2.05) is 0 Å². The molecule has 2 aromatic heterocycles. The topological polar surface area (TPSA) is 118 Å². The maximum Gasteiger partial charge on any atom is 0.435 e. The van der Waals surface area contributed by atoms with Crippen molar-refractivity contribution in [2.45, 2.75) is 18.6 Å². The van der Waals surface area contributed by atoms with Gasteiger partial charge in [0.05, 0.1) is 17.8 Å². The van der Waals surface area contributed by atoms with Crippen molar-refractivity contribution in [3.05, 3.63) is 71.0 Å². The molecular weight excluding hydrogens is 517 g/mol. The molecule has 2 aromatic carbocycles. The number of carboxylic acid groups (broad SMARTS) is 1. The van der Waals surface area contributed by atoms with Crippen LogP contribution in [0.3, 0.4) is 0 Å². The molecule has 0 aliphatic carbocycles. The summed E-state index contributed by atoms with van der Waals surface area (Å²) in [4.78, 5) is 27.4. The Balaban J connectivity index is 1.50. The lowest BCUT2D eigenvalue weighted by Crippen LogP contribution is -2.44. The Morgan fingerprint density at radius 2 is 1.97 bits per heavy atom. The Morgan fingerprint density at radius 3 is 2.65 bits per heavy atom. The quantitative estimate of drug-likeness (QED) is 0.295. The zero-order valence-corrected chi connectivity index (χ0v) is 19.9. The molecule has 2 heterocycles. The van der Waals surface area contributed by atoms with Gasteiger partial charge in [0.1, 0.15) is 11.8 Å². The summed E-state index contributed by atoms with van der Waals surface area (Å²) in [6.45, 7) is -0.765. The van der Waals surface area contributed by atoms with Gasteiger partial charge < -0.3 is 24.9 Å². The SMILES string of the molecule is COc1ccc2[nH]cc(CC(NC(=O)COc3cc(C(F)(F)F)nn3-c3ccccc3Cl)C(=O)O)c2c1. The van der Waals surface area contributed by atoms with Gasteiger partial charge in [-0.1, -0.05) is 23.7 Å². The zero-order chi connectivity index (χ0) is 26.7. The third kappa shape index (κ3) is 5.80. The highest BCUT2D eigenvalue weighted by Crippen LogP contribution is 2.33. The first-order valence-corrected chi connectivity index (χ1v) is 11.2. The van der Waals surface area contributed by atoms with E-state index >= 15 is 0 Å². The van der Waals surface area contributed by atoms with E-state index in [1.165, 1.54) is 19.2 Å². The predicted octanol–water partition coefficient (Wildman–Crippen LogP) is 4.23. The van der Waals surface area contributed by atoms with Crippen LogP contribution in [0.5, 0.6) is 11.6 Å². The number of nitrogens with zero attached hydrogens (tertiary/aromatic N) is 2. The average Bonchev–Trinajstić information content (AvgIpc) is 3.46. The first-order chi connectivity index (χ1) is 17.6. The summed E-state index contributed by atoms with van der Waals surface area (Å²) in [5.74, 6) is -1.98. The van der Waals surface area contributed by atoms with Crippen LogP contribution in [0, 0.1) is 0 Å². The summed E-state index contributed by atoms with van der Waals surface area (Å²) in [5, 5.41) is 16.3. The maximum atomic E-state index is 13.3. The standard InChI is InChI=1S/C24H20ClF3N4O5/c1-36-14-6-7-17-15(9-14)13(11-29-17)8-18(23(34)35)30-21(33)12-37-22-10-20(24(26,27)28)31-32(22)19-5-3-2-4-16(19)25/h2-7,9-11,18,29H,8,12H2,1H3,(H,30,33)(H,34,35). The Morgan fingerprint density at radius 1 is 1.22 bits per heavy atom. The van der Waals surface area contributed by atoms with Crippen molar-refractivity contribution in [2.24, 2.45) is 0 Å². The Bertz CT molecular complexity index is 1450. The number of aromatic amines is 1. The second kappa shape index (κ2) is 10.4. The number of nitrogens with one attached hydrogen (secondary N) is 2. The number of benzene rings is 2. The van der Waals surface area contributed by atoms with Gasteiger partial charge in [-0.25, -0.2) is 4.79 Å². The molecule has 13 heteroatoms. The first kappa shape index (κ1) is 25.9. The number of carbonyl (C=O) groups excluding carboxylic acids is 1. The number of rotatable bonds is 9. The van der Waals surface area contributed by atoms with Crippen molar-refractivity contribution in [2.75, 3.05) is 13.7 Å². The summed E-state index contributed by atoms with van der Waals surface area (Å²) in [5.41, 5.74) is 0.228. The second-order valence-corrected chi connectivity index (χ2v) is 8.31. The number of H-pyrrole nitrogens is 1. The Labute approximate surface area is 212 Å². The van der Waals surface area contributed by atoms with E-state index < -0.39 is 42.3 Å². The van der Waals surface area contributed by atoms with Crippen LogP contribution in [0.1, 0.15) is 11.3 Å². The summed E-state index contributed by atoms with van der Waals surface area (Å²) < 4.78 is 51.2. The number of aromatic nitrogens is 3. The summed E-state index contributed by atoms with van der Waals surface area (Å²) in [7, 11) is 1.50. The first-order valence-electron chi connectivity index (χ1n) is 10.8. The Kier molecular flexibility index (Phi) is 7.30. The molecule has 4 rings (SSSR count). The van der Waals surface area contributed by atoms with E-state index in [4.69, 9.17) is 21.1 Å². The van der Waals surface area contributed by atoms with Crippen LogP contribution >= 0.6 is 11.6 Å². The van der Waals surface area contributed by atoms with E-state index in [1.54, 1.807) is 36.5 Å². The van der Waals surface area contributed by atoms with Crippen LogP contribution in [0.2, 0.25) is 5.02 Å². The largest absolute Gasteiger partial charge is 0.497 e. The van der Waals surface area contributed by atoms with Gasteiger partial charge in [0.15, 0.2) is 12.3 Å². The molecule has 0 aliphatic rings. The molecule has 194 valence electrons. The van der Waals surface area contributed by atoms with Gasteiger partial charge in [0.25, 0.3) is 5.91 Å². The van der Waals surface area contributed by atoms with Crippen LogP contribution in [-0.4, -0.2) is 51.5 Å². The van der Waals surface area contributed by atoms with Gasteiger partial charge in [-0.15, -0.1) is 0 Å². The molecule has 0 bridgehead atoms. The average molecular weight is 537 g/mol. The normalized spacial score (nSPS) is 12.4. The van der Waals surface area contributed by atoms with E-state index in [-0.39, 0.29) is 17.1 Å². The Hall–Kier alpha value is -4.19. The molecule has 0 saturated carbocycles. The minimum absolute atomic E-state index is 0.0655.